The molecule has 1 aliphatic carbocycles. The van der Waals surface area contributed by atoms with E-state index in [4.69, 9.17) is 4.52 Å². The van der Waals surface area contributed by atoms with Gasteiger partial charge in [0.15, 0.2) is 5.76 Å². The van der Waals surface area contributed by atoms with E-state index in [-0.39, 0.29) is 5.91 Å². The third kappa shape index (κ3) is 2.11. The Morgan fingerprint density at radius 1 is 1.55 bits per heavy atom. The molecule has 1 fully saturated rings. The summed E-state index contributed by atoms with van der Waals surface area (Å²) in [4.78, 5) is 12.5. The zero-order valence-corrected chi connectivity index (χ0v) is 11.9. The molecule has 0 unspecified atom stereocenters. The van der Waals surface area contributed by atoms with Crippen LogP contribution in [-0.2, 0) is 13.5 Å². The summed E-state index contributed by atoms with van der Waals surface area (Å²) in [6, 6.07) is 0. The van der Waals surface area contributed by atoms with Crippen molar-refractivity contribution in [1.29, 1.82) is 0 Å². The third-order valence-electron chi connectivity index (χ3n) is 3.70. The molecule has 0 saturated heterocycles. The van der Waals surface area contributed by atoms with Crippen LogP contribution in [0.3, 0.4) is 0 Å². The summed E-state index contributed by atoms with van der Waals surface area (Å²) < 4.78 is 6.93. The number of amides is 1. The van der Waals surface area contributed by atoms with E-state index in [1.165, 1.54) is 0 Å². The van der Waals surface area contributed by atoms with Crippen molar-refractivity contribution in [3.05, 3.63) is 28.9 Å². The van der Waals surface area contributed by atoms with Crippen LogP contribution < -0.4 is 5.32 Å². The number of anilines is 1. The molecule has 0 radical (unpaired) electrons. The van der Waals surface area contributed by atoms with Gasteiger partial charge in [-0.3, -0.25) is 9.48 Å². The molecule has 1 N–H and O–H groups in total. The molecule has 0 atom stereocenters. The topological polar surface area (TPSA) is 73.0 Å². The zero-order valence-electron chi connectivity index (χ0n) is 11.9. The molecular weight excluding hydrogens is 256 g/mol. The fraction of sp³-hybridized carbons (Fsp3) is 0.500. The van der Waals surface area contributed by atoms with E-state index in [0.29, 0.717) is 22.9 Å². The summed E-state index contributed by atoms with van der Waals surface area (Å²) >= 11 is 0. The molecule has 2 aromatic rings. The van der Waals surface area contributed by atoms with Crippen LogP contribution >= 0.6 is 0 Å². The SMILES string of the molecule is CCc1noc(C)c1NC(=O)c1cnn(C)c1C1CC1. The summed E-state index contributed by atoms with van der Waals surface area (Å²) in [7, 11) is 1.88. The Kier molecular flexibility index (Phi) is 3.08. The average molecular weight is 274 g/mol. The lowest BCUT2D eigenvalue weighted by Crippen LogP contribution is -2.15. The van der Waals surface area contributed by atoms with E-state index in [9.17, 15) is 4.79 Å². The van der Waals surface area contributed by atoms with E-state index < -0.39 is 0 Å². The summed E-state index contributed by atoms with van der Waals surface area (Å²) in [5.74, 6) is 0.963. The van der Waals surface area contributed by atoms with Crippen LogP contribution in [-0.4, -0.2) is 20.8 Å². The molecule has 1 saturated carbocycles. The molecule has 106 valence electrons. The minimum atomic E-state index is -0.138. The highest BCUT2D eigenvalue weighted by molar-refractivity contribution is 6.05. The fourth-order valence-electron chi connectivity index (χ4n) is 2.46. The van der Waals surface area contributed by atoms with Gasteiger partial charge >= 0.3 is 0 Å². The van der Waals surface area contributed by atoms with E-state index >= 15 is 0 Å². The monoisotopic (exact) mass is 274 g/mol. The smallest absolute Gasteiger partial charge is 0.259 e. The number of carbonyl (C=O) groups is 1. The summed E-state index contributed by atoms with van der Waals surface area (Å²) in [5, 5.41) is 11.1. The molecule has 0 spiro atoms. The Labute approximate surface area is 117 Å². The Morgan fingerprint density at radius 2 is 2.30 bits per heavy atom. The molecule has 6 heteroatoms. The number of nitrogens with one attached hydrogen (secondary N) is 1. The maximum Gasteiger partial charge on any atom is 0.259 e. The van der Waals surface area contributed by atoms with Gasteiger partial charge in [0.05, 0.1) is 17.5 Å². The van der Waals surface area contributed by atoms with E-state index in [1.54, 1.807) is 17.8 Å². The first-order chi connectivity index (χ1) is 9.61. The fourth-order valence-corrected chi connectivity index (χ4v) is 2.46. The first-order valence-corrected chi connectivity index (χ1v) is 6.90. The van der Waals surface area contributed by atoms with Crippen molar-refractivity contribution in [3.63, 3.8) is 0 Å². The molecule has 2 heterocycles. The molecule has 3 rings (SSSR count). The average Bonchev–Trinajstić information content (AvgIpc) is 3.11. The number of hydrogen-bond donors (Lipinski definition) is 1. The summed E-state index contributed by atoms with van der Waals surface area (Å²) in [5.41, 5.74) is 3.13. The number of nitrogens with zero attached hydrogens (tertiary/aromatic N) is 3. The van der Waals surface area contributed by atoms with Crippen LogP contribution in [0.2, 0.25) is 0 Å². The number of aromatic nitrogens is 3. The van der Waals surface area contributed by atoms with Crippen molar-refractivity contribution in [3.8, 4) is 0 Å². The maximum absolute atomic E-state index is 12.5. The molecule has 0 aromatic carbocycles. The molecule has 1 amide bonds. The summed E-state index contributed by atoms with van der Waals surface area (Å²) in [6.07, 6.45) is 4.62. The largest absolute Gasteiger partial charge is 0.359 e. The predicted octanol–water partition coefficient (Wildman–Crippen LogP) is 2.41. The molecule has 20 heavy (non-hydrogen) atoms. The molecule has 0 aliphatic heterocycles. The number of carbonyl (C=O) groups excluding carboxylic acids is 1. The Balaban J connectivity index is 1.88. The standard InChI is InChI=1S/C14H18N4O2/c1-4-11-12(8(2)20-17-11)16-14(19)10-7-15-18(3)13(10)9-5-6-9/h7,9H,4-6H2,1-3H3,(H,16,19). The Bertz CT molecular complexity index is 652. The Hall–Kier alpha value is -2.11. The minimum absolute atomic E-state index is 0.138. The zero-order chi connectivity index (χ0) is 14.3. The summed E-state index contributed by atoms with van der Waals surface area (Å²) in [6.45, 7) is 3.78. The van der Waals surface area contributed by atoms with Crippen LogP contribution in [0, 0.1) is 6.92 Å². The van der Waals surface area contributed by atoms with Gasteiger partial charge in [0, 0.05) is 13.0 Å². The lowest BCUT2D eigenvalue weighted by Gasteiger charge is -2.06. The van der Waals surface area contributed by atoms with Crippen LogP contribution in [0.1, 0.15) is 53.2 Å². The van der Waals surface area contributed by atoms with Crippen molar-refractivity contribution in [2.75, 3.05) is 5.32 Å². The number of aryl methyl sites for hydroxylation is 3. The van der Waals surface area contributed by atoms with Gasteiger partial charge in [0.1, 0.15) is 11.4 Å². The van der Waals surface area contributed by atoms with Gasteiger partial charge in [-0.25, -0.2) is 0 Å². The predicted molar refractivity (Wildman–Crippen MR) is 73.8 cm³/mol. The molecule has 6 nitrogen and oxygen atoms in total. The second-order valence-electron chi connectivity index (χ2n) is 5.21. The first kappa shape index (κ1) is 12.9. The highest BCUT2D eigenvalue weighted by Crippen LogP contribution is 2.41. The first-order valence-electron chi connectivity index (χ1n) is 6.90. The van der Waals surface area contributed by atoms with Gasteiger partial charge in [-0.2, -0.15) is 5.10 Å². The van der Waals surface area contributed by atoms with E-state index in [0.717, 1.165) is 30.7 Å². The van der Waals surface area contributed by atoms with Crippen LogP contribution in [0.4, 0.5) is 5.69 Å². The Morgan fingerprint density at radius 3 is 2.95 bits per heavy atom. The van der Waals surface area contributed by atoms with Crippen molar-refractivity contribution in [2.24, 2.45) is 7.05 Å². The van der Waals surface area contributed by atoms with Crippen molar-refractivity contribution in [2.45, 2.75) is 39.0 Å². The lowest BCUT2D eigenvalue weighted by atomic mass is 10.1. The third-order valence-corrected chi connectivity index (χ3v) is 3.70. The van der Waals surface area contributed by atoms with Gasteiger partial charge in [-0.15, -0.1) is 0 Å². The highest BCUT2D eigenvalue weighted by Gasteiger charge is 2.32. The highest BCUT2D eigenvalue weighted by atomic mass is 16.5. The van der Waals surface area contributed by atoms with E-state index in [2.05, 4.69) is 15.6 Å². The van der Waals surface area contributed by atoms with Crippen molar-refractivity contribution < 1.29 is 9.32 Å². The van der Waals surface area contributed by atoms with Crippen LogP contribution in [0.25, 0.3) is 0 Å². The number of rotatable bonds is 4. The molecule has 0 bridgehead atoms. The quantitative estimate of drug-likeness (QED) is 0.929. The normalized spacial score (nSPS) is 14.6. The maximum atomic E-state index is 12.5. The molecule has 2 aromatic heterocycles. The van der Waals surface area contributed by atoms with Gasteiger partial charge in [0.2, 0.25) is 0 Å². The number of hydrogen-bond acceptors (Lipinski definition) is 4. The van der Waals surface area contributed by atoms with Gasteiger partial charge in [0.25, 0.3) is 5.91 Å². The van der Waals surface area contributed by atoms with Gasteiger partial charge < -0.3 is 9.84 Å². The lowest BCUT2D eigenvalue weighted by molar-refractivity contribution is 0.102. The van der Waals surface area contributed by atoms with Crippen molar-refractivity contribution in [1.82, 2.24) is 14.9 Å². The molecular formula is C14H18N4O2. The van der Waals surface area contributed by atoms with Gasteiger partial charge in [-0.1, -0.05) is 12.1 Å². The van der Waals surface area contributed by atoms with E-state index in [1.807, 2.05) is 14.0 Å². The van der Waals surface area contributed by atoms with Crippen molar-refractivity contribution >= 4 is 11.6 Å². The minimum Gasteiger partial charge on any atom is -0.359 e. The van der Waals surface area contributed by atoms with Crippen LogP contribution in [0.15, 0.2) is 10.7 Å². The van der Waals surface area contributed by atoms with Gasteiger partial charge in [-0.05, 0) is 26.2 Å². The second kappa shape index (κ2) is 4.77. The molecule has 1 aliphatic rings. The van der Waals surface area contributed by atoms with Crippen LogP contribution in [0.5, 0.6) is 0 Å². The second-order valence-corrected chi connectivity index (χ2v) is 5.21.